The summed E-state index contributed by atoms with van der Waals surface area (Å²) in [6.07, 6.45) is 0. The van der Waals surface area contributed by atoms with E-state index in [0.717, 1.165) is 12.2 Å². The van der Waals surface area contributed by atoms with Crippen molar-refractivity contribution in [2.45, 2.75) is 19.9 Å². The third-order valence-electron chi connectivity index (χ3n) is 1.88. The maximum Gasteiger partial charge on any atom is 0.0798 e. The molecule has 1 rings (SSSR count). The lowest BCUT2D eigenvalue weighted by molar-refractivity contribution is 0.168. The van der Waals surface area contributed by atoms with Gasteiger partial charge in [0.1, 0.15) is 0 Å². The van der Waals surface area contributed by atoms with Crippen molar-refractivity contribution in [3.05, 3.63) is 16.1 Å². The van der Waals surface area contributed by atoms with Gasteiger partial charge in [-0.15, -0.1) is 11.3 Å². The summed E-state index contributed by atoms with van der Waals surface area (Å²) in [5.74, 6) is 0. The smallest absolute Gasteiger partial charge is 0.0798 e. The Labute approximate surface area is 83.1 Å². The zero-order valence-electron chi connectivity index (χ0n) is 8.33. The van der Waals surface area contributed by atoms with Crippen LogP contribution in [0.15, 0.2) is 5.51 Å². The molecule has 1 N–H and O–H groups in total. The zero-order valence-corrected chi connectivity index (χ0v) is 9.15. The first-order chi connectivity index (χ1) is 6.29. The van der Waals surface area contributed by atoms with E-state index in [1.807, 2.05) is 12.4 Å². The molecule has 0 aliphatic heterocycles. The SMILES string of the molecule is CCNC(COC)c1scnc1C. The summed E-state index contributed by atoms with van der Waals surface area (Å²) in [4.78, 5) is 5.51. The van der Waals surface area contributed by atoms with Crippen LogP contribution in [0.1, 0.15) is 23.5 Å². The molecule has 4 heteroatoms. The van der Waals surface area contributed by atoms with Crippen LogP contribution in [0, 0.1) is 6.92 Å². The van der Waals surface area contributed by atoms with Crippen LogP contribution in [-0.2, 0) is 4.74 Å². The van der Waals surface area contributed by atoms with Crippen LogP contribution in [-0.4, -0.2) is 25.2 Å². The third kappa shape index (κ3) is 2.76. The predicted molar refractivity (Wildman–Crippen MR) is 55.1 cm³/mol. The normalized spacial score (nSPS) is 13.2. The van der Waals surface area contributed by atoms with Crippen LogP contribution < -0.4 is 5.32 Å². The molecule has 0 bridgehead atoms. The average molecular weight is 200 g/mol. The molecule has 0 radical (unpaired) electrons. The maximum atomic E-state index is 5.15. The predicted octanol–water partition coefficient (Wildman–Crippen LogP) is 1.75. The van der Waals surface area contributed by atoms with Crippen molar-refractivity contribution in [1.82, 2.24) is 10.3 Å². The number of aryl methyl sites for hydroxylation is 1. The number of thiazole rings is 1. The number of hydrogen-bond donors (Lipinski definition) is 1. The lowest BCUT2D eigenvalue weighted by atomic mass is 10.2. The van der Waals surface area contributed by atoms with Gasteiger partial charge in [-0.1, -0.05) is 6.92 Å². The van der Waals surface area contributed by atoms with Crippen LogP contribution >= 0.6 is 11.3 Å². The van der Waals surface area contributed by atoms with Gasteiger partial charge in [-0.25, -0.2) is 4.98 Å². The van der Waals surface area contributed by atoms with Crippen molar-refractivity contribution in [3.63, 3.8) is 0 Å². The number of hydrogen-bond acceptors (Lipinski definition) is 4. The molecule has 0 amide bonds. The Balaban J connectivity index is 2.69. The van der Waals surface area contributed by atoms with Crippen LogP contribution in [0.5, 0.6) is 0 Å². The van der Waals surface area contributed by atoms with Gasteiger partial charge in [0.25, 0.3) is 0 Å². The molecule has 1 unspecified atom stereocenters. The topological polar surface area (TPSA) is 34.1 Å². The summed E-state index contributed by atoms with van der Waals surface area (Å²) in [7, 11) is 1.72. The minimum atomic E-state index is 0.294. The molecule has 0 aromatic carbocycles. The first-order valence-corrected chi connectivity index (χ1v) is 5.29. The number of ether oxygens (including phenoxy) is 1. The van der Waals surface area contributed by atoms with Crippen molar-refractivity contribution < 1.29 is 4.74 Å². The molecule has 13 heavy (non-hydrogen) atoms. The molecule has 1 aromatic heterocycles. The second kappa shape index (κ2) is 5.32. The third-order valence-corrected chi connectivity index (χ3v) is 2.93. The molecule has 0 aliphatic carbocycles. The van der Waals surface area contributed by atoms with Gasteiger partial charge in [-0.05, 0) is 13.5 Å². The van der Waals surface area contributed by atoms with E-state index in [2.05, 4.69) is 17.2 Å². The second-order valence-corrected chi connectivity index (χ2v) is 3.75. The van der Waals surface area contributed by atoms with Crippen LogP contribution in [0.2, 0.25) is 0 Å². The fraction of sp³-hybridized carbons (Fsp3) is 0.667. The quantitative estimate of drug-likeness (QED) is 0.786. The fourth-order valence-electron chi connectivity index (χ4n) is 1.29. The number of likely N-dealkylation sites (N-methyl/N-ethyl adjacent to an activating group) is 1. The van der Waals surface area contributed by atoms with Gasteiger partial charge in [0.05, 0.1) is 23.9 Å². The van der Waals surface area contributed by atoms with Crippen molar-refractivity contribution >= 4 is 11.3 Å². The minimum Gasteiger partial charge on any atom is -0.383 e. The summed E-state index contributed by atoms with van der Waals surface area (Å²) in [6.45, 7) is 5.78. The highest BCUT2D eigenvalue weighted by Gasteiger charge is 2.14. The zero-order chi connectivity index (χ0) is 9.68. The minimum absolute atomic E-state index is 0.294. The Bertz CT molecular complexity index is 244. The van der Waals surface area contributed by atoms with Gasteiger partial charge in [-0.2, -0.15) is 0 Å². The van der Waals surface area contributed by atoms with Gasteiger partial charge < -0.3 is 10.1 Å². The van der Waals surface area contributed by atoms with E-state index in [0.29, 0.717) is 12.6 Å². The first-order valence-electron chi connectivity index (χ1n) is 4.41. The van der Waals surface area contributed by atoms with Crippen molar-refractivity contribution in [3.8, 4) is 0 Å². The van der Waals surface area contributed by atoms with E-state index >= 15 is 0 Å². The Hall–Kier alpha value is -0.450. The molecule has 0 fully saturated rings. The van der Waals surface area contributed by atoms with Crippen LogP contribution in [0.25, 0.3) is 0 Å². The van der Waals surface area contributed by atoms with E-state index in [4.69, 9.17) is 4.74 Å². The van der Waals surface area contributed by atoms with Crippen molar-refractivity contribution in [2.24, 2.45) is 0 Å². The first kappa shape index (κ1) is 10.6. The van der Waals surface area contributed by atoms with Gasteiger partial charge in [0.15, 0.2) is 0 Å². The molecule has 0 saturated carbocycles. The van der Waals surface area contributed by atoms with E-state index in [1.54, 1.807) is 18.4 Å². The summed E-state index contributed by atoms with van der Waals surface area (Å²) < 4.78 is 5.15. The maximum absolute atomic E-state index is 5.15. The number of aromatic nitrogens is 1. The molecule has 0 aliphatic rings. The average Bonchev–Trinajstić information content (AvgIpc) is 2.51. The van der Waals surface area contributed by atoms with E-state index in [-0.39, 0.29) is 0 Å². The van der Waals surface area contributed by atoms with E-state index in [1.165, 1.54) is 4.88 Å². The Morgan fingerprint density at radius 3 is 2.92 bits per heavy atom. The summed E-state index contributed by atoms with van der Waals surface area (Å²) in [5, 5.41) is 3.37. The summed E-state index contributed by atoms with van der Waals surface area (Å²) in [6, 6.07) is 0.294. The van der Waals surface area contributed by atoms with Crippen molar-refractivity contribution in [2.75, 3.05) is 20.3 Å². The summed E-state index contributed by atoms with van der Waals surface area (Å²) in [5.41, 5.74) is 2.98. The number of nitrogens with one attached hydrogen (secondary N) is 1. The van der Waals surface area contributed by atoms with Crippen LogP contribution in [0.3, 0.4) is 0 Å². The van der Waals surface area contributed by atoms with Gasteiger partial charge in [-0.3, -0.25) is 0 Å². The lowest BCUT2D eigenvalue weighted by Gasteiger charge is -2.15. The van der Waals surface area contributed by atoms with Crippen LogP contribution in [0.4, 0.5) is 0 Å². The summed E-state index contributed by atoms with van der Waals surface area (Å²) >= 11 is 1.68. The molecule has 0 saturated heterocycles. The number of nitrogens with zero attached hydrogens (tertiary/aromatic N) is 1. The Kier molecular flexibility index (Phi) is 4.35. The molecule has 1 aromatic rings. The molecule has 1 atom stereocenters. The Morgan fingerprint density at radius 1 is 1.69 bits per heavy atom. The van der Waals surface area contributed by atoms with Gasteiger partial charge in [0, 0.05) is 12.0 Å². The Morgan fingerprint density at radius 2 is 2.46 bits per heavy atom. The van der Waals surface area contributed by atoms with Gasteiger partial charge >= 0.3 is 0 Å². The second-order valence-electron chi connectivity index (χ2n) is 2.87. The van der Waals surface area contributed by atoms with Gasteiger partial charge in [0.2, 0.25) is 0 Å². The van der Waals surface area contributed by atoms with Crippen molar-refractivity contribution in [1.29, 1.82) is 0 Å². The number of methoxy groups -OCH3 is 1. The van der Waals surface area contributed by atoms with E-state index in [9.17, 15) is 0 Å². The molecule has 1 heterocycles. The monoisotopic (exact) mass is 200 g/mol. The highest BCUT2D eigenvalue weighted by atomic mass is 32.1. The van der Waals surface area contributed by atoms with E-state index < -0.39 is 0 Å². The largest absolute Gasteiger partial charge is 0.383 e. The molecule has 0 spiro atoms. The molecule has 3 nitrogen and oxygen atoms in total. The molecular formula is C9H16N2OS. The molecule has 74 valence electrons. The highest BCUT2D eigenvalue weighted by molar-refractivity contribution is 7.09. The standard InChI is InChI=1S/C9H16N2OS/c1-4-10-8(5-12-3)9-7(2)11-6-13-9/h6,8,10H,4-5H2,1-3H3. The molecular weight excluding hydrogens is 184 g/mol. The fourth-order valence-corrected chi connectivity index (χ4v) is 2.15. The number of rotatable bonds is 5. The highest BCUT2D eigenvalue weighted by Crippen LogP contribution is 2.21. The lowest BCUT2D eigenvalue weighted by Crippen LogP contribution is -2.24.